The fourth-order valence-electron chi connectivity index (χ4n) is 9.88. The van der Waals surface area contributed by atoms with Crippen LogP contribution in [0.1, 0.15) is 103 Å². The van der Waals surface area contributed by atoms with E-state index in [0.717, 1.165) is 43.1 Å². The van der Waals surface area contributed by atoms with Gasteiger partial charge >= 0.3 is 0 Å². The molecule has 0 N–H and O–H groups in total. The maximum Gasteiger partial charge on any atom is 0.299 e. The van der Waals surface area contributed by atoms with E-state index in [1.54, 1.807) is 17.7 Å². The fourth-order valence-corrected chi connectivity index (χ4v) is 10.9. The van der Waals surface area contributed by atoms with Gasteiger partial charge in [0.1, 0.15) is 0 Å². The predicted molar refractivity (Wildman–Crippen MR) is 157 cm³/mol. The molecule has 40 heavy (non-hydrogen) atoms. The molecule has 6 rings (SSSR count). The highest BCUT2D eigenvalue weighted by molar-refractivity contribution is 7.86. The molecule has 6 heteroatoms. The van der Waals surface area contributed by atoms with E-state index in [0.29, 0.717) is 23.9 Å². The zero-order valence-corrected chi connectivity index (χ0v) is 25.9. The van der Waals surface area contributed by atoms with Crippen molar-refractivity contribution < 1.29 is 22.1 Å². The Hall–Kier alpha value is -1.21. The van der Waals surface area contributed by atoms with Gasteiger partial charge in [-0.15, -0.1) is 0 Å². The molecule has 0 amide bonds. The van der Waals surface area contributed by atoms with Crippen molar-refractivity contribution in [1.29, 1.82) is 0 Å². The van der Waals surface area contributed by atoms with Crippen LogP contribution in [0, 0.1) is 47.3 Å². The van der Waals surface area contributed by atoms with E-state index in [4.69, 9.17) is 13.7 Å². The molecule has 5 aliphatic rings. The molecule has 1 aliphatic heterocycles. The van der Waals surface area contributed by atoms with Crippen molar-refractivity contribution in [3.8, 4) is 0 Å². The second kappa shape index (κ2) is 11.1. The first-order valence-corrected chi connectivity index (χ1v) is 17.5. The number of ether oxygens (including phenoxy) is 2. The Balaban J connectivity index is 1.25. The Bertz CT molecular complexity index is 1190. The van der Waals surface area contributed by atoms with E-state index in [2.05, 4.69) is 26.8 Å². The molecule has 0 radical (unpaired) electrons. The normalized spacial score (nSPS) is 39.4. The summed E-state index contributed by atoms with van der Waals surface area (Å²) < 4.78 is 45.3. The molecular formula is C34H50O5S. The third-order valence-electron chi connectivity index (χ3n) is 12.1. The highest BCUT2D eigenvalue weighted by atomic mass is 32.2. The summed E-state index contributed by atoms with van der Waals surface area (Å²) in [4.78, 5) is 0.185. The molecule has 1 aromatic carbocycles. The number of hydrogen-bond donors (Lipinski definition) is 0. The lowest BCUT2D eigenvalue weighted by atomic mass is 9.47. The van der Waals surface area contributed by atoms with E-state index in [-0.39, 0.29) is 16.2 Å². The van der Waals surface area contributed by atoms with Crippen molar-refractivity contribution in [3.63, 3.8) is 0 Å². The van der Waals surface area contributed by atoms with Gasteiger partial charge in [0.15, 0.2) is 12.6 Å². The quantitative estimate of drug-likeness (QED) is 0.188. The second-order valence-corrected chi connectivity index (χ2v) is 15.8. The average molecular weight is 571 g/mol. The molecule has 1 saturated heterocycles. The molecule has 222 valence electrons. The summed E-state index contributed by atoms with van der Waals surface area (Å²) in [6.07, 6.45) is 15.6. The molecule has 0 bridgehead atoms. The van der Waals surface area contributed by atoms with Gasteiger partial charge < -0.3 is 9.47 Å². The summed E-state index contributed by atoms with van der Waals surface area (Å²) in [7, 11) is -3.98. The van der Waals surface area contributed by atoms with Crippen LogP contribution in [0.15, 0.2) is 40.8 Å². The van der Waals surface area contributed by atoms with Gasteiger partial charge in [0.2, 0.25) is 0 Å². The number of rotatable bonds is 7. The Labute approximate surface area is 242 Å². The predicted octanol–water partition coefficient (Wildman–Crippen LogP) is 8.17. The van der Waals surface area contributed by atoms with Crippen LogP contribution in [0.5, 0.6) is 0 Å². The van der Waals surface area contributed by atoms with Crippen LogP contribution in [-0.2, 0) is 23.8 Å². The lowest BCUT2D eigenvalue weighted by Gasteiger charge is -2.58. The smallest absolute Gasteiger partial charge is 0.299 e. The zero-order valence-electron chi connectivity index (χ0n) is 25.1. The van der Waals surface area contributed by atoms with Crippen LogP contribution in [0.4, 0.5) is 0 Å². The molecule has 9 atom stereocenters. The highest BCUT2D eigenvalue weighted by Gasteiger charge is 2.59. The van der Waals surface area contributed by atoms with Crippen LogP contribution in [-0.4, -0.2) is 27.6 Å². The topological polar surface area (TPSA) is 61.8 Å². The SMILES string of the molecule is Cc1ccc(S(=O)(=O)OC(OC2CCCCO2)C(C)[C@H]2CC[C@H]3[C@@H]4CC=C5CCCC[C@]5(C)[C@H]4CC[C@]23C)cc1. The first-order valence-electron chi connectivity index (χ1n) is 16.1. The Morgan fingerprint density at radius 1 is 0.950 bits per heavy atom. The van der Waals surface area contributed by atoms with Gasteiger partial charge in [0.25, 0.3) is 10.1 Å². The Morgan fingerprint density at radius 3 is 2.50 bits per heavy atom. The van der Waals surface area contributed by atoms with Gasteiger partial charge in [0.05, 0.1) is 4.90 Å². The van der Waals surface area contributed by atoms with Gasteiger partial charge in [0, 0.05) is 12.5 Å². The molecule has 3 saturated carbocycles. The number of fused-ring (bicyclic) bond motifs is 5. The fraction of sp³-hybridized carbons (Fsp3) is 0.765. The lowest BCUT2D eigenvalue weighted by Crippen LogP contribution is -2.51. The number of benzene rings is 1. The van der Waals surface area contributed by atoms with E-state index in [1.165, 1.54) is 51.4 Å². The molecule has 0 aromatic heterocycles. The first-order chi connectivity index (χ1) is 19.1. The first kappa shape index (κ1) is 28.9. The Kier molecular flexibility index (Phi) is 8.04. The summed E-state index contributed by atoms with van der Waals surface area (Å²) in [6.45, 7) is 9.85. The molecular weight excluding hydrogens is 520 g/mol. The van der Waals surface area contributed by atoms with Crippen molar-refractivity contribution in [1.82, 2.24) is 0 Å². The highest BCUT2D eigenvalue weighted by Crippen LogP contribution is 2.67. The van der Waals surface area contributed by atoms with Crippen molar-refractivity contribution in [2.24, 2.45) is 40.4 Å². The van der Waals surface area contributed by atoms with Gasteiger partial charge in [-0.25, -0.2) is 4.18 Å². The molecule has 5 nitrogen and oxygen atoms in total. The van der Waals surface area contributed by atoms with Crippen LogP contribution in [0.2, 0.25) is 0 Å². The van der Waals surface area contributed by atoms with Gasteiger partial charge in [-0.05, 0) is 124 Å². The van der Waals surface area contributed by atoms with E-state index >= 15 is 0 Å². The maximum absolute atomic E-state index is 13.5. The van der Waals surface area contributed by atoms with Crippen molar-refractivity contribution in [2.75, 3.05) is 6.61 Å². The minimum Gasteiger partial charge on any atom is -0.353 e. The summed E-state index contributed by atoms with van der Waals surface area (Å²) >= 11 is 0. The van der Waals surface area contributed by atoms with Gasteiger partial charge in [-0.1, -0.05) is 56.5 Å². The van der Waals surface area contributed by atoms with Crippen molar-refractivity contribution in [3.05, 3.63) is 41.5 Å². The van der Waals surface area contributed by atoms with Crippen LogP contribution < -0.4 is 0 Å². The molecule has 4 fully saturated rings. The molecule has 3 unspecified atom stereocenters. The standard InChI is InChI=1S/C34H50O5S/c1-23-11-14-26(15-12-23)40(35,36)39-32(38-31-10-6-8-22-37-31)24(2)28-17-18-29-27-16-13-25-9-5-7-20-33(25,3)30(27)19-21-34(28,29)4/h11-15,24,27-32H,5-10,16-22H2,1-4H3/t24?,27-,28+,29-,30-,31?,32?,33-,34+/m0/s1. The second-order valence-electron chi connectivity index (χ2n) is 14.2. The number of aryl methyl sites for hydroxylation is 1. The van der Waals surface area contributed by atoms with Crippen molar-refractivity contribution in [2.45, 2.75) is 122 Å². The zero-order chi connectivity index (χ0) is 28.1. The Morgan fingerprint density at radius 2 is 1.75 bits per heavy atom. The minimum absolute atomic E-state index is 0.0581. The van der Waals surface area contributed by atoms with Crippen molar-refractivity contribution >= 4 is 10.1 Å². The number of hydrogen-bond acceptors (Lipinski definition) is 5. The van der Waals surface area contributed by atoms with Gasteiger partial charge in [-0.2, -0.15) is 8.42 Å². The largest absolute Gasteiger partial charge is 0.353 e. The van der Waals surface area contributed by atoms with Gasteiger partial charge in [-0.3, -0.25) is 0 Å². The molecule has 0 spiro atoms. The molecule has 1 aromatic rings. The van der Waals surface area contributed by atoms with E-state index in [1.807, 2.05) is 19.1 Å². The lowest BCUT2D eigenvalue weighted by molar-refractivity contribution is -0.252. The minimum atomic E-state index is -3.98. The molecule has 4 aliphatic carbocycles. The summed E-state index contributed by atoms with van der Waals surface area (Å²) in [6, 6.07) is 6.90. The average Bonchev–Trinajstić information content (AvgIpc) is 3.30. The summed E-state index contributed by atoms with van der Waals surface area (Å²) in [5.41, 5.74) is 3.33. The van der Waals surface area contributed by atoms with E-state index < -0.39 is 22.7 Å². The maximum atomic E-state index is 13.5. The third-order valence-corrected chi connectivity index (χ3v) is 13.4. The third kappa shape index (κ3) is 5.14. The molecule has 1 heterocycles. The van der Waals surface area contributed by atoms with Crippen LogP contribution in [0.25, 0.3) is 0 Å². The van der Waals surface area contributed by atoms with Crippen LogP contribution in [0.3, 0.4) is 0 Å². The summed E-state index contributed by atoms with van der Waals surface area (Å²) in [5, 5.41) is 0. The monoisotopic (exact) mass is 570 g/mol. The van der Waals surface area contributed by atoms with E-state index in [9.17, 15) is 8.42 Å². The number of allylic oxidation sites excluding steroid dienone is 2. The van der Waals surface area contributed by atoms with Crippen LogP contribution >= 0.6 is 0 Å². The summed E-state index contributed by atoms with van der Waals surface area (Å²) in [5.74, 6) is 2.50.